The van der Waals surface area contributed by atoms with E-state index in [9.17, 15) is 13.2 Å². The molecule has 1 aromatic carbocycles. The van der Waals surface area contributed by atoms with Gasteiger partial charge in [0.2, 0.25) is 10.0 Å². The minimum Gasteiger partial charge on any atom is -0.469 e. The molecule has 0 radical (unpaired) electrons. The zero-order chi connectivity index (χ0) is 14.8. The van der Waals surface area contributed by atoms with Gasteiger partial charge in [-0.3, -0.25) is 4.79 Å². The third kappa shape index (κ3) is 7.25. The summed E-state index contributed by atoms with van der Waals surface area (Å²) in [6.45, 7) is 0.412. The second-order valence-electron chi connectivity index (χ2n) is 4.48. The van der Waals surface area contributed by atoms with Crippen LogP contribution in [-0.2, 0) is 26.0 Å². The van der Waals surface area contributed by atoms with Gasteiger partial charge in [0.1, 0.15) is 0 Å². The molecule has 20 heavy (non-hydrogen) atoms. The van der Waals surface area contributed by atoms with E-state index in [1.807, 2.05) is 30.3 Å². The number of aryl methyl sites for hydroxylation is 1. The highest BCUT2D eigenvalue weighted by molar-refractivity contribution is 7.89. The van der Waals surface area contributed by atoms with Crippen molar-refractivity contribution in [3.8, 4) is 0 Å². The van der Waals surface area contributed by atoms with E-state index in [4.69, 9.17) is 0 Å². The highest BCUT2D eigenvalue weighted by atomic mass is 32.2. The summed E-state index contributed by atoms with van der Waals surface area (Å²) >= 11 is 0. The summed E-state index contributed by atoms with van der Waals surface area (Å²) in [5, 5.41) is 0. The van der Waals surface area contributed by atoms with E-state index in [1.54, 1.807) is 0 Å². The summed E-state index contributed by atoms with van der Waals surface area (Å²) in [5.74, 6) is -0.433. The lowest BCUT2D eigenvalue weighted by atomic mass is 10.1. The number of sulfonamides is 1. The van der Waals surface area contributed by atoms with Crippen molar-refractivity contribution in [2.24, 2.45) is 0 Å². The SMILES string of the molecule is COC(=O)CCCS(=O)(=O)NCCCc1ccccc1. The van der Waals surface area contributed by atoms with Gasteiger partial charge in [0, 0.05) is 13.0 Å². The first-order valence-corrected chi connectivity index (χ1v) is 8.27. The average Bonchev–Trinajstić information content (AvgIpc) is 2.44. The number of ether oxygens (including phenoxy) is 1. The molecule has 0 fully saturated rings. The smallest absolute Gasteiger partial charge is 0.305 e. The summed E-state index contributed by atoms with van der Waals surface area (Å²) in [6.07, 6.45) is 1.99. The summed E-state index contributed by atoms with van der Waals surface area (Å²) < 4.78 is 30.3. The number of benzene rings is 1. The molecule has 0 aliphatic heterocycles. The molecular weight excluding hydrogens is 278 g/mol. The summed E-state index contributed by atoms with van der Waals surface area (Å²) in [6, 6.07) is 9.92. The van der Waals surface area contributed by atoms with Gasteiger partial charge in [-0.05, 0) is 24.8 Å². The molecule has 1 aromatic rings. The Balaban J connectivity index is 2.18. The van der Waals surface area contributed by atoms with Gasteiger partial charge in [-0.1, -0.05) is 30.3 Å². The Morgan fingerprint density at radius 1 is 1.20 bits per heavy atom. The Kier molecular flexibility index (Phi) is 7.25. The third-order valence-corrected chi connectivity index (χ3v) is 4.30. The van der Waals surface area contributed by atoms with Gasteiger partial charge in [0.05, 0.1) is 12.9 Å². The predicted octanol–water partition coefficient (Wildman–Crippen LogP) is 1.49. The van der Waals surface area contributed by atoms with Crippen molar-refractivity contribution in [3.05, 3.63) is 35.9 Å². The average molecular weight is 299 g/mol. The molecule has 0 aromatic heterocycles. The Labute approximate surface area is 120 Å². The van der Waals surface area contributed by atoms with Crippen LogP contribution in [0.2, 0.25) is 0 Å². The monoisotopic (exact) mass is 299 g/mol. The fourth-order valence-corrected chi connectivity index (χ4v) is 2.87. The Morgan fingerprint density at radius 2 is 1.90 bits per heavy atom. The van der Waals surface area contributed by atoms with Gasteiger partial charge in [0.25, 0.3) is 0 Å². The van der Waals surface area contributed by atoms with Gasteiger partial charge in [0.15, 0.2) is 0 Å². The zero-order valence-corrected chi connectivity index (χ0v) is 12.5. The fraction of sp³-hybridized carbons (Fsp3) is 0.500. The molecule has 0 atom stereocenters. The molecule has 0 bridgehead atoms. The van der Waals surface area contributed by atoms with E-state index in [1.165, 1.54) is 12.7 Å². The Bertz CT molecular complexity index is 499. The molecule has 1 rings (SSSR count). The maximum absolute atomic E-state index is 11.6. The maximum Gasteiger partial charge on any atom is 0.305 e. The van der Waals surface area contributed by atoms with Crippen LogP contribution in [0.1, 0.15) is 24.8 Å². The minimum atomic E-state index is -3.30. The topological polar surface area (TPSA) is 72.5 Å². The van der Waals surface area contributed by atoms with Crippen LogP contribution >= 0.6 is 0 Å². The van der Waals surface area contributed by atoms with E-state index in [0.29, 0.717) is 6.54 Å². The molecule has 0 heterocycles. The Hall–Kier alpha value is -1.40. The van der Waals surface area contributed by atoms with E-state index in [-0.39, 0.29) is 24.6 Å². The van der Waals surface area contributed by atoms with Crippen LogP contribution in [0.15, 0.2) is 30.3 Å². The van der Waals surface area contributed by atoms with Crippen LogP contribution in [0, 0.1) is 0 Å². The van der Waals surface area contributed by atoms with Gasteiger partial charge in [-0.25, -0.2) is 13.1 Å². The molecule has 6 heteroatoms. The lowest BCUT2D eigenvalue weighted by molar-refractivity contribution is -0.140. The highest BCUT2D eigenvalue weighted by Crippen LogP contribution is 2.02. The molecule has 0 unspecified atom stereocenters. The van der Waals surface area contributed by atoms with E-state index in [2.05, 4.69) is 9.46 Å². The number of nitrogens with one attached hydrogen (secondary N) is 1. The van der Waals surface area contributed by atoms with Gasteiger partial charge in [-0.15, -0.1) is 0 Å². The summed E-state index contributed by atoms with van der Waals surface area (Å²) in [4.78, 5) is 10.9. The first-order chi connectivity index (χ1) is 9.53. The lowest BCUT2D eigenvalue weighted by Gasteiger charge is -2.06. The molecule has 0 saturated heterocycles. The van der Waals surface area contributed by atoms with Crippen molar-refractivity contribution in [2.45, 2.75) is 25.7 Å². The number of carbonyl (C=O) groups excluding carboxylic acids is 1. The number of hydrogen-bond donors (Lipinski definition) is 1. The van der Waals surface area contributed by atoms with Crippen molar-refractivity contribution in [3.63, 3.8) is 0 Å². The molecule has 0 aliphatic rings. The van der Waals surface area contributed by atoms with Crippen molar-refractivity contribution in [1.29, 1.82) is 0 Å². The van der Waals surface area contributed by atoms with E-state index in [0.717, 1.165) is 12.8 Å². The Morgan fingerprint density at radius 3 is 2.55 bits per heavy atom. The van der Waals surface area contributed by atoms with Crippen LogP contribution in [0.5, 0.6) is 0 Å². The predicted molar refractivity (Wildman–Crippen MR) is 77.8 cm³/mol. The number of carbonyl (C=O) groups is 1. The molecular formula is C14H21NO4S. The number of rotatable bonds is 9. The second-order valence-corrected chi connectivity index (χ2v) is 6.41. The molecule has 1 N–H and O–H groups in total. The van der Waals surface area contributed by atoms with Crippen LogP contribution in [-0.4, -0.2) is 33.8 Å². The van der Waals surface area contributed by atoms with Gasteiger partial charge < -0.3 is 4.74 Å². The van der Waals surface area contributed by atoms with Crippen molar-refractivity contribution in [1.82, 2.24) is 4.72 Å². The maximum atomic E-state index is 11.6. The molecule has 0 saturated carbocycles. The van der Waals surface area contributed by atoms with Crippen molar-refractivity contribution < 1.29 is 17.9 Å². The molecule has 5 nitrogen and oxygen atoms in total. The fourth-order valence-electron chi connectivity index (χ4n) is 1.75. The van der Waals surface area contributed by atoms with Gasteiger partial charge >= 0.3 is 5.97 Å². The van der Waals surface area contributed by atoms with Crippen LogP contribution in [0.4, 0.5) is 0 Å². The van der Waals surface area contributed by atoms with Crippen LogP contribution in [0.25, 0.3) is 0 Å². The summed E-state index contributed by atoms with van der Waals surface area (Å²) in [7, 11) is -2.01. The summed E-state index contributed by atoms with van der Waals surface area (Å²) in [5.41, 5.74) is 1.19. The number of hydrogen-bond acceptors (Lipinski definition) is 4. The first-order valence-electron chi connectivity index (χ1n) is 6.61. The molecule has 0 spiro atoms. The molecule has 112 valence electrons. The normalized spacial score (nSPS) is 11.2. The van der Waals surface area contributed by atoms with Crippen molar-refractivity contribution in [2.75, 3.05) is 19.4 Å². The van der Waals surface area contributed by atoms with Crippen molar-refractivity contribution >= 4 is 16.0 Å². The quantitative estimate of drug-likeness (QED) is 0.554. The molecule has 0 amide bonds. The highest BCUT2D eigenvalue weighted by Gasteiger charge is 2.10. The number of esters is 1. The second kappa shape index (κ2) is 8.71. The lowest BCUT2D eigenvalue weighted by Crippen LogP contribution is -2.28. The molecule has 0 aliphatic carbocycles. The van der Waals surface area contributed by atoms with Crippen LogP contribution < -0.4 is 4.72 Å². The standard InChI is InChI=1S/C14H21NO4S/c1-19-14(16)10-6-12-20(17,18)15-11-5-9-13-7-3-2-4-8-13/h2-4,7-8,15H,5-6,9-12H2,1H3. The van der Waals surface area contributed by atoms with E-state index < -0.39 is 10.0 Å². The largest absolute Gasteiger partial charge is 0.469 e. The zero-order valence-electron chi connectivity index (χ0n) is 11.7. The third-order valence-electron chi connectivity index (χ3n) is 2.83. The first kappa shape index (κ1) is 16.7. The minimum absolute atomic E-state index is 0.0482. The van der Waals surface area contributed by atoms with Crippen LogP contribution in [0.3, 0.4) is 0 Å². The van der Waals surface area contributed by atoms with E-state index >= 15 is 0 Å². The number of methoxy groups -OCH3 is 1. The van der Waals surface area contributed by atoms with Gasteiger partial charge in [-0.2, -0.15) is 0 Å².